The van der Waals surface area contributed by atoms with Gasteiger partial charge < -0.3 is 4.42 Å². The number of aromatic nitrogens is 2. The van der Waals surface area contributed by atoms with Crippen molar-refractivity contribution >= 4 is 17.8 Å². The number of hydrogen-bond acceptors (Lipinski definition) is 3. The molecule has 0 atom stereocenters. The first-order chi connectivity index (χ1) is 13.6. The molecular formula is C21H15F2N3O2. The Labute approximate surface area is 159 Å². The van der Waals surface area contributed by atoms with E-state index in [1.807, 2.05) is 19.2 Å². The number of para-hydroxylation sites is 1. The minimum Gasteiger partial charge on any atom is -0.463 e. The lowest BCUT2D eigenvalue weighted by atomic mass is 10.1. The van der Waals surface area contributed by atoms with E-state index in [0.29, 0.717) is 23.6 Å². The first-order valence-electron chi connectivity index (χ1n) is 8.45. The molecule has 0 spiro atoms. The zero-order chi connectivity index (χ0) is 19.7. The number of rotatable bonds is 5. The molecule has 1 amide bonds. The topological polar surface area (TPSA) is 51.3 Å². The Morgan fingerprint density at radius 3 is 2.36 bits per heavy atom. The van der Waals surface area contributed by atoms with Crippen molar-refractivity contribution in [1.29, 1.82) is 0 Å². The van der Waals surface area contributed by atoms with Crippen LogP contribution in [0.2, 0.25) is 0 Å². The summed E-state index contributed by atoms with van der Waals surface area (Å²) < 4.78 is 35.2. The zero-order valence-corrected chi connectivity index (χ0v) is 14.8. The van der Waals surface area contributed by atoms with Gasteiger partial charge in [-0.2, -0.15) is 5.10 Å². The molecule has 4 aromatic rings. The smallest absolute Gasteiger partial charge is 0.218 e. The standard InChI is InChI=1S/C21H15F2N3O2/c1-25-19(12-18(24-25)20-6-3-11-28-20)14-7-9-15(10-8-14)26(13-27)21-16(22)4-2-5-17(21)23/h2-13H,1H3. The molecule has 2 aromatic heterocycles. The molecule has 7 heteroatoms. The molecule has 0 aliphatic heterocycles. The lowest BCUT2D eigenvalue weighted by Crippen LogP contribution is -2.17. The fourth-order valence-electron chi connectivity index (χ4n) is 3.04. The van der Waals surface area contributed by atoms with Crippen molar-refractivity contribution in [1.82, 2.24) is 9.78 Å². The Bertz CT molecular complexity index is 1100. The molecule has 5 nitrogen and oxygen atoms in total. The molecule has 0 bridgehead atoms. The van der Waals surface area contributed by atoms with E-state index < -0.39 is 17.3 Å². The number of nitrogens with zero attached hydrogens (tertiary/aromatic N) is 3. The van der Waals surface area contributed by atoms with Gasteiger partial charge in [-0.25, -0.2) is 8.78 Å². The van der Waals surface area contributed by atoms with E-state index in [4.69, 9.17) is 4.42 Å². The quantitative estimate of drug-likeness (QED) is 0.463. The number of carbonyl (C=O) groups is 1. The summed E-state index contributed by atoms with van der Waals surface area (Å²) in [4.78, 5) is 12.5. The highest BCUT2D eigenvalue weighted by Crippen LogP contribution is 2.32. The molecule has 0 aliphatic rings. The van der Waals surface area contributed by atoms with Crippen LogP contribution in [0.25, 0.3) is 22.7 Å². The molecule has 0 unspecified atom stereocenters. The van der Waals surface area contributed by atoms with Gasteiger partial charge in [0, 0.05) is 12.7 Å². The van der Waals surface area contributed by atoms with E-state index in [1.165, 1.54) is 6.07 Å². The van der Waals surface area contributed by atoms with Crippen molar-refractivity contribution < 1.29 is 18.0 Å². The number of aryl methyl sites for hydroxylation is 1. The second kappa shape index (κ2) is 7.11. The van der Waals surface area contributed by atoms with Crippen molar-refractivity contribution in [2.75, 3.05) is 4.90 Å². The monoisotopic (exact) mass is 379 g/mol. The lowest BCUT2D eigenvalue weighted by Gasteiger charge is -2.19. The number of halogens is 2. The van der Waals surface area contributed by atoms with E-state index in [1.54, 1.807) is 41.3 Å². The maximum absolute atomic E-state index is 14.0. The van der Waals surface area contributed by atoms with Gasteiger partial charge in [-0.05, 0) is 48.0 Å². The van der Waals surface area contributed by atoms with E-state index in [9.17, 15) is 13.6 Å². The average Bonchev–Trinajstić information content (AvgIpc) is 3.35. The molecule has 2 aromatic carbocycles. The minimum absolute atomic E-state index is 0.344. The number of benzene rings is 2. The largest absolute Gasteiger partial charge is 0.463 e. The van der Waals surface area contributed by atoms with Gasteiger partial charge in [0.1, 0.15) is 23.0 Å². The number of carbonyl (C=O) groups excluding carboxylic acids is 1. The van der Waals surface area contributed by atoms with E-state index in [-0.39, 0.29) is 0 Å². The lowest BCUT2D eigenvalue weighted by molar-refractivity contribution is -0.106. The van der Waals surface area contributed by atoms with Crippen molar-refractivity contribution in [3.8, 4) is 22.7 Å². The van der Waals surface area contributed by atoms with Gasteiger partial charge in [-0.1, -0.05) is 18.2 Å². The third kappa shape index (κ3) is 3.07. The van der Waals surface area contributed by atoms with Crippen LogP contribution in [0.1, 0.15) is 0 Å². The molecule has 0 saturated carbocycles. The number of furan rings is 1. The van der Waals surface area contributed by atoms with E-state index >= 15 is 0 Å². The highest BCUT2D eigenvalue weighted by atomic mass is 19.1. The molecule has 28 heavy (non-hydrogen) atoms. The normalized spacial score (nSPS) is 10.8. The summed E-state index contributed by atoms with van der Waals surface area (Å²) in [5, 5.41) is 4.43. The van der Waals surface area contributed by atoms with E-state index in [0.717, 1.165) is 28.3 Å². The Morgan fingerprint density at radius 2 is 1.75 bits per heavy atom. The second-order valence-corrected chi connectivity index (χ2v) is 6.11. The Hall–Kier alpha value is -3.74. The summed E-state index contributed by atoms with van der Waals surface area (Å²) in [5.74, 6) is -0.975. The summed E-state index contributed by atoms with van der Waals surface area (Å²) in [7, 11) is 1.81. The first kappa shape index (κ1) is 17.7. The van der Waals surface area contributed by atoms with Gasteiger partial charge in [0.2, 0.25) is 6.41 Å². The maximum Gasteiger partial charge on any atom is 0.218 e. The molecule has 2 heterocycles. The number of hydrogen-bond donors (Lipinski definition) is 0. The molecule has 140 valence electrons. The second-order valence-electron chi connectivity index (χ2n) is 6.11. The molecule has 0 fully saturated rings. The van der Waals surface area contributed by atoms with Crippen molar-refractivity contribution in [3.63, 3.8) is 0 Å². The highest BCUT2D eigenvalue weighted by molar-refractivity contribution is 5.87. The van der Waals surface area contributed by atoms with Crippen LogP contribution >= 0.6 is 0 Å². The average molecular weight is 379 g/mol. The van der Waals surface area contributed by atoms with Crippen LogP contribution < -0.4 is 4.90 Å². The summed E-state index contributed by atoms with van der Waals surface area (Å²) >= 11 is 0. The Kier molecular flexibility index (Phi) is 4.49. The van der Waals surface area contributed by atoms with Gasteiger partial charge in [-0.3, -0.25) is 14.4 Å². The van der Waals surface area contributed by atoms with Crippen LogP contribution in [0, 0.1) is 11.6 Å². The molecule has 4 rings (SSSR count). The molecule has 0 aliphatic carbocycles. The molecule has 0 saturated heterocycles. The minimum atomic E-state index is -0.814. The van der Waals surface area contributed by atoms with Crippen LogP contribution in [0.4, 0.5) is 20.2 Å². The van der Waals surface area contributed by atoms with Gasteiger partial charge in [0.25, 0.3) is 0 Å². The van der Waals surface area contributed by atoms with Crippen molar-refractivity contribution in [2.24, 2.45) is 7.05 Å². The van der Waals surface area contributed by atoms with Crippen LogP contribution in [-0.2, 0) is 11.8 Å². The Morgan fingerprint density at radius 1 is 1.04 bits per heavy atom. The molecule has 0 radical (unpaired) electrons. The van der Waals surface area contributed by atoms with Crippen LogP contribution in [0.5, 0.6) is 0 Å². The van der Waals surface area contributed by atoms with Crippen molar-refractivity contribution in [2.45, 2.75) is 0 Å². The van der Waals surface area contributed by atoms with Crippen LogP contribution in [0.15, 0.2) is 71.3 Å². The fraction of sp³-hybridized carbons (Fsp3) is 0.0476. The SMILES string of the molecule is Cn1nc(-c2ccco2)cc1-c1ccc(N(C=O)c2c(F)cccc2F)cc1. The van der Waals surface area contributed by atoms with E-state index in [2.05, 4.69) is 5.10 Å². The predicted octanol–water partition coefficient (Wildman–Crippen LogP) is 4.92. The summed E-state index contributed by atoms with van der Waals surface area (Å²) in [6.45, 7) is 0. The summed E-state index contributed by atoms with van der Waals surface area (Å²) in [5.41, 5.74) is 2.28. The van der Waals surface area contributed by atoms with Crippen LogP contribution in [0.3, 0.4) is 0 Å². The molecular weight excluding hydrogens is 364 g/mol. The third-order valence-corrected chi connectivity index (χ3v) is 4.38. The van der Waals surface area contributed by atoms with Gasteiger partial charge in [0.15, 0.2) is 5.76 Å². The van der Waals surface area contributed by atoms with Crippen molar-refractivity contribution in [3.05, 3.63) is 78.6 Å². The van der Waals surface area contributed by atoms with Crippen LogP contribution in [-0.4, -0.2) is 16.2 Å². The number of anilines is 2. The zero-order valence-electron chi connectivity index (χ0n) is 14.8. The fourth-order valence-corrected chi connectivity index (χ4v) is 3.04. The summed E-state index contributed by atoms with van der Waals surface area (Å²) in [6, 6.07) is 15.7. The Balaban J connectivity index is 1.68. The highest BCUT2D eigenvalue weighted by Gasteiger charge is 2.18. The van der Waals surface area contributed by atoms with Gasteiger partial charge >= 0.3 is 0 Å². The van der Waals surface area contributed by atoms with Gasteiger partial charge in [0.05, 0.1) is 12.0 Å². The third-order valence-electron chi connectivity index (χ3n) is 4.38. The summed E-state index contributed by atoms with van der Waals surface area (Å²) in [6.07, 6.45) is 1.96. The van der Waals surface area contributed by atoms with Gasteiger partial charge in [-0.15, -0.1) is 0 Å². The predicted molar refractivity (Wildman–Crippen MR) is 101 cm³/mol. The first-order valence-corrected chi connectivity index (χ1v) is 8.45. The molecule has 0 N–H and O–H groups in total. The number of amides is 1. The maximum atomic E-state index is 14.0.